The van der Waals surface area contributed by atoms with E-state index in [1.54, 1.807) is 0 Å². The van der Waals surface area contributed by atoms with Gasteiger partial charge in [-0.15, -0.1) is 0 Å². The maximum Gasteiger partial charge on any atom is 0.417 e. The lowest BCUT2D eigenvalue weighted by molar-refractivity contribution is -0.137. The average Bonchev–Trinajstić information content (AvgIpc) is 3.03. The highest BCUT2D eigenvalue weighted by Gasteiger charge is 2.31. The number of carboxylic acid groups (broad SMARTS) is 1. The zero-order chi connectivity index (χ0) is 19.3. The molecule has 2 rings (SSSR count). The summed E-state index contributed by atoms with van der Waals surface area (Å²) >= 11 is 5.73. The molecule has 0 aliphatic rings. The number of hydrogen-bond donors (Lipinski definition) is 3. The molecule has 0 aliphatic heterocycles. The molecule has 0 saturated heterocycles. The van der Waals surface area contributed by atoms with E-state index >= 15 is 0 Å². The highest BCUT2D eigenvalue weighted by Crippen LogP contribution is 2.32. The molecule has 0 radical (unpaired) electrons. The first-order chi connectivity index (χ1) is 12.2. The molecule has 0 bridgehead atoms. The van der Waals surface area contributed by atoms with Gasteiger partial charge in [-0.25, -0.2) is 9.78 Å². The molecule has 0 atom stereocenters. The summed E-state index contributed by atoms with van der Waals surface area (Å²) in [6.45, 7) is 0.0911. The van der Waals surface area contributed by atoms with Gasteiger partial charge in [0.05, 0.1) is 17.1 Å². The second-order valence-corrected chi connectivity index (χ2v) is 5.48. The topological polar surface area (TPSA) is 104 Å². The normalized spacial score (nSPS) is 11.2. The van der Waals surface area contributed by atoms with Gasteiger partial charge in [-0.1, -0.05) is 11.6 Å². The smallest absolute Gasteiger partial charge is 0.417 e. The van der Waals surface area contributed by atoms with Gasteiger partial charge in [0, 0.05) is 19.2 Å². The fourth-order valence-electron chi connectivity index (χ4n) is 1.88. The van der Waals surface area contributed by atoms with Crippen molar-refractivity contribution in [1.29, 1.82) is 0 Å². The second kappa shape index (κ2) is 8.09. The van der Waals surface area contributed by atoms with Gasteiger partial charge >= 0.3 is 12.1 Å². The molecule has 0 aliphatic carbocycles. The lowest BCUT2D eigenvalue weighted by Crippen LogP contribution is -2.24. The molecule has 2 aromatic rings. The summed E-state index contributed by atoms with van der Waals surface area (Å²) < 4.78 is 42.5. The first-order valence-corrected chi connectivity index (χ1v) is 7.60. The minimum Gasteiger partial charge on any atom is -0.475 e. The van der Waals surface area contributed by atoms with Crippen LogP contribution in [0.1, 0.15) is 28.3 Å². The Balaban J connectivity index is 1.78. The van der Waals surface area contributed by atoms with E-state index in [0.717, 1.165) is 6.07 Å². The molecule has 26 heavy (non-hydrogen) atoms. The Morgan fingerprint density at radius 1 is 1.31 bits per heavy atom. The van der Waals surface area contributed by atoms with Crippen molar-refractivity contribution in [3.63, 3.8) is 0 Å². The molecule has 140 valence electrons. The summed E-state index contributed by atoms with van der Waals surface area (Å²) in [7, 11) is 0. The number of nitrogens with zero attached hydrogens (tertiary/aromatic N) is 1. The van der Waals surface area contributed by atoms with Crippen LogP contribution in [0.4, 0.5) is 19.0 Å². The molecule has 0 aromatic carbocycles. The molecule has 1 amide bonds. The van der Waals surface area contributed by atoms with Crippen molar-refractivity contribution in [3.8, 4) is 0 Å². The number of alkyl halides is 3. The number of rotatable bonds is 7. The van der Waals surface area contributed by atoms with Crippen molar-refractivity contribution in [1.82, 2.24) is 10.3 Å². The minimum atomic E-state index is -4.54. The number of anilines is 1. The van der Waals surface area contributed by atoms with E-state index < -0.39 is 17.7 Å². The lowest BCUT2D eigenvalue weighted by Gasteiger charge is -2.10. The van der Waals surface area contributed by atoms with E-state index in [4.69, 9.17) is 21.1 Å². The second-order valence-electron chi connectivity index (χ2n) is 5.08. The van der Waals surface area contributed by atoms with Crippen molar-refractivity contribution < 1.29 is 32.3 Å². The van der Waals surface area contributed by atoms with Crippen LogP contribution >= 0.6 is 11.6 Å². The number of furan rings is 1. The van der Waals surface area contributed by atoms with E-state index in [0.29, 0.717) is 6.20 Å². The number of carbonyl (C=O) groups excluding carboxylic acids is 1. The lowest BCUT2D eigenvalue weighted by atomic mass is 10.2. The third kappa shape index (κ3) is 5.38. The van der Waals surface area contributed by atoms with E-state index in [2.05, 4.69) is 15.6 Å². The molecule has 2 aromatic heterocycles. The van der Waals surface area contributed by atoms with Gasteiger partial charge in [-0.2, -0.15) is 13.2 Å². The van der Waals surface area contributed by atoms with Crippen LogP contribution in [0, 0.1) is 0 Å². The Labute approximate surface area is 150 Å². The van der Waals surface area contributed by atoms with Crippen LogP contribution < -0.4 is 10.6 Å². The summed E-state index contributed by atoms with van der Waals surface area (Å²) in [5, 5.41) is 13.7. The van der Waals surface area contributed by atoms with Gasteiger partial charge in [0.15, 0.2) is 0 Å². The van der Waals surface area contributed by atoms with Gasteiger partial charge in [0.1, 0.15) is 11.6 Å². The van der Waals surface area contributed by atoms with Crippen LogP contribution in [-0.2, 0) is 17.5 Å². The zero-order valence-electron chi connectivity index (χ0n) is 13.1. The molecule has 0 spiro atoms. The van der Waals surface area contributed by atoms with Gasteiger partial charge in [-0.05, 0) is 18.2 Å². The van der Waals surface area contributed by atoms with Crippen molar-refractivity contribution in [2.75, 3.05) is 11.9 Å². The third-order valence-electron chi connectivity index (χ3n) is 3.15. The number of halogens is 4. The number of carboxylic acids is 1. The van der Waals surface area contributed by atoms with Crippen LogP contribution in [0.25, 0.3) is 0 Å². The number of amides is 1. The quantitative estimate of drug-likeness (QED) is 0.669. The standard InChI is InChI=1S/C15H13ClF3N3O4/c16-10-5-8(15(17,18)19)6-22-13(10)20-4-3-12(23)21-7-9-1-2-11(26-9)14(24)25/h1-2,5-6H,3-4,7H2,(H,20,22)(H,21,23)(H,24,25). The third-order valence-corrected chi connectivity index (χ3v) is 3.43. The average molecular weight is 392 g/mol. The predicted octanol–water partition coefficient (Wildman–Crippen LogP) is 3.16. The number of pyridine rings is 1. The van der Waals surface area contributed by atoms with Crippen molar-refractivity contribution in [2.24, 2.45) is 0 Å². The summed E-state index contributed by atoms with van der Waals surface area (Å²) in [6.07, 6.45) is -3.90. The first kappa shape index (κ1) is 19.6. The van der Waals surface area contributed by atoms with Crippen LogP contribution in [0.15, 0.2) is 28.8 Å². The molecular weight excluding hydrogens is 379 g/mol. The monoisotopic (exact) mass is 391 g/mol. The number of nitrogens with one attached hydrogen (secondary N) is 2. The molecule has 0 fully saturated rings. The number of aromatic carboxylic acids is 1. The highest BCUT2D eigenvalue weighted by molar-refractivity contribution is 6.32. The van der Waals surface area contributed by atoms with Crippen molar-refractivity contribution in [2.45, 2.75) is 19.1 Å². The summed E-state index contributed by atoms with van der Waals surface area (Å²) in [6, 6.07) is 3.44. The summed E-state index contributed by atoms with van der Waals surface area (Å²) in [5.41, 5.74) is -0.968. The molecule has 7 nitrogen and oxygen atoms in total. The Kier molecular flexibility index (Phi) is 6.09. The largest absolute Gasteiger partial charge is 0.475 e. The Morgan fingerprint density at radius 3 is 2.62 bits per heavy atom. The van der Waals surface area contributed by atoms with Gasteiger partial charge in [0.25, 0.3) is 0 Å². The molecule has 2 heterocycles. The van der Waals surface area contributed by atoms with E-state index in [1.165, 1.54) is 12.1 Å². The first-order valence-electron chi connectivity index (χ1n) is 7.22. The van der Waals surface area contributed by atoms with Crippen molar-refractivity contribution >= 4 is 29.3 Å². The Bertz CT molecular complexity index is 808. The van der Waals surface area contributed by atoms with Crippen LogP contribution in [0.3, 0.4) is 0 Å². The molecule has 3 N–H and O–H groups in total. The molecule has 0 saturated carbocycles. The summed E-state index contributed by atoms with van der Waals surface area (Å²) in [5.74, 6) is -1.53. The predicted molar refractivity (Wildman–Crippen MR) is 84.9 cm³/mol. The Hall–Kier alpha value is -2.75. The maximum absolute atomic E-state index is 12.5. The van der Waals surface area contributed by atoms with Gasteiger partial charge < -0.3 is 20.2 Å². The maximum atomic E-state index is 12.5. The number of hydrogen-bond acceptors (Lipinski definition) is 5. The van der Waals surface area contributed by atoms with Crippen LogP contribution in [0.5, 0.6) is 0 Å². The summed E-state index contributed by atoms with van der Waals surface area (Å²) in [4.78, 5) is 26.0. The fraction of sp³-hybridized carbons (Fsp3) is 0.267. The van der Waals surface area contributed by atoms with E-state index in [1.807, 2.05) is 0 Å². The Morgan fingerprint density at radius 2 is 2.04 bits per heavy atom. The highest BCUT2D eigenvalue weighted by atomic mass is 35.5. The van der Waals surface area contributed by atoms with Gasteiger partial charge in [-0.3, -0.25) is 4.79 Å². The SMILES string of the molecule is O=C(CCNc1ncc(C(F)(F)F)cc1Cl)NCc1ccc(C(=O)O)o1. The van der Waals surface area contributed by atoms with Gasteiger partial charge in [0.2, 0.25) is 11.7 Å². The van der Waals surface area contributed by atoms with E-state index in [-0.39, 0.29) is 47.8 Å². The minimum absolute atomic E-state index is 0.00536. The van der Waals surface area contributed by atoms with Crippen LogP contribution in [-0.4, -0.2) is 28.5 Å². The fourth-order valence-corrected chi connectivity index (χ4v) is 2.11. The number of carbonyl (C=O) groups is 2. The van der Waals surface area contributed by atoms with Crippen LogP contribution in [0.2, 0.25) is 5.02 Å². The van der Waals surface area contributed by atoms with Crippen molar-refractivity contribution in [3.05, 3.63) is 46.5 Å². The zero-order valence-corrected chi connectivity index (χ0v) is 13.8. The van der Waals surface area contributed by atoms with E-state index in [9.17, 15) is 22.8 Å². The molecular formula is C15H13ClF3N3O4. The number of aromatic nitrogens is 1. The molecule has 0 unspecified atom stereocenters. The molecule has 11 heteroatoms.